The average molecular weight is 521 g/mol. The molecule has 0 saturated heterocycles. The van der Waals surface area contributed by atoms with E-state index in [1.54, 1.807) is 31.2 Å². The summed E-state index contributed by atoms with van der Waals surface area (Å²) in [5, 5.41) is 4.76. The highest BCUT2D eigenvalue weighted by molar-refractivity contribution is 7.91. The number of hydrogen-bond donors (Lipinski definition) is 1. The van der Waals surface area contributed by atoms with Gasteiger partial charge < -0.3 is 9.88 Å². The molecule has 1 heterocycles. The zero-order valence-electron chi connectivity index (χ0n) is 20.4. The third-order valence-electron chi connectivity index (χ3n) is 6.88. The zero-order valence-corrected chi connectivity index (χ0v) is 22.0. The molecule has 1 aliphatic carbocycles. The second-order valence-electron chi connectivity index (χ2n) is 9.49. The number of nitrogens with zero attached hydrogens (tertiary/aromatic N) is 1. The summed E-state index contributed by atoms with van der Waals surface area (Å²) in [6.45, 7) is 4.04. The number of amides is 1. The molecule has 36 heavy (non-hydrogen) atoms. The van der Waals surface area contributed by atoms with Gasteiger partial charge in [-0.1, -0.05) is 36.7 Å². The van der Waals surface area contributed by atoms with Crippen LogP contribution in [-0.4, -0.2) is 24.6 Å². The van der Waals surface area contributed by atoms with Crippen LogP contribution in [0.5, 0.6) is 0 Å². The standard InChI is InChI=1S/C29H29ClN2O3S/c1-3-36(34,35)27-11-4-20(5-12-27)18-31-29(33)22-7-13-28-23(15-22)17-26(32(28)25-9-10-25)16-21-6-8-24(30)14-19(21)2/h4-8,11-15,17,25H,3,9-10,16,18H2,1-2H3,(H,31,33). The lowest BCUT2D eigenvalue weighted by molar-refractivity contribution is 0.0951. The number of aryl methyl sites for hydroxylation is 1. The lowest BCUT2D eigenvalue weighted by Gasteiger charge is -2.12. The normalized spacial score (nSPS) is 13.8. The van der Waals surface area contributed by atoms with Gasteiger partial charge in [0.25, 0.3) is 5.91 Å². The van der Waals surface area contributed by atoms with Gasteiger partial charge in [0.2, 0.25) is 0 Å². The van der Waals surface area contributed by atoms with Gasteiger partial charge in [0.15, 0.2) is 9.84 Å². The smallest absolute Gasteiger partial charge is 0.251 e. The molecule has 1 saturated carbocycles. The molecule has 1 aliphatic rings. The quantitative estimate of drug-likeness (QED) is 0.298. The molecule has 5 nitrogen and oxygen atoms in total. The Kier molecular flexibility index (Phi) is 6.66. The van der Waals surface area contributed by atoms with E-state index in [-0.39, 0.29) is 11.7 Å². The topological polar surface area (TPSA) is 68.2 Å². The van der Waals surface area contributed by atoms with E-state index in [9.17, 15) is 13.2 Å². The first-order valence-corrected chi connectivity index (χ1v) is 14.3. The molecule has 0 unspecified atom stereocenters. The zero-order chi connectivity index (χ0) is 25.4. The molecule has 0 spiro atoms. The van der Waals surface area contributed by atoms with Crippen LogP contribution in [-0.2, 0) is 22.8 Å². The summed E-state index contributed by atoms with van der Waals surface area (Å²) < 4.78 is 26.4. The summed E-state index contributed by atoms with van der Waals surface area (Å²) in [4.78, 5) is 13.2. The first kappa shape index (κ1) is 24.6. The van der Waals surface area contributed by atoms with E-state index < -0.39 is 9.84 Å². The van der Waals surface area contributed by atoms with Crippen molar-refractivity contribution in [2.24, 2.45) is 0 Å². The maximum absolute atomic E-state index is 12.9. The molecule has 1 fully saturated rings. The highest BCUT2D eigenvalue weighted by Gasteiger charge is 2.27. The predicted octanol–water partition coefficient (Wildman–Crippen LogP) is 6.25. The molecule has 186 valence electrons. The summed E-state index contributed by atoms with van der Waals surface area (Å²) in [7, 11) is -3.23. The van der Waals surface area contributed by atoms with Crippen molar-refractivity contribution in [3.63, 3.8) is 0 Å². The molecule has 0 atom stereocenters. The average Bonchev–Trinajstić information content (AvgIpc) is 3.64. The molecule has 4 aromatic rings. The Balaban J connectivity index is 1.35. The Labute approximate surface area is 217 Å². The van der Waals surface area contributed by atoms with Crippen molar-refractivity contribution in [3.05, 3.63) is 99.7 Å². The Morgan fingerprint density at radius 1 is 1.03 bits per heavy atom. The number of aromatic nitrogens is 1. The van der Waals surface area contributed by atoms with Crippen molar-refractivity contribution < 1.29 is 13.2 Å². The highest BCUT2D eigenvalue weighted by Crippen LogP contribution is 2.40. The summed E-state index contributed by atoms with van der Waals surface area (Å²) in [6, 6.07) is 21.3. The van der Waals surface area contributed by atoms with Gasteiger partial charge in [0.05, 0.1) is 10.6 Å². The molecule has 7 heteroatoms. The third-order valence-corrected chi connectivity index (χ3v) is 8.87. The fourth-order valence-corrected chi connectivity index (χ4v) is 5.76. The number of halogens is 1. The van der Waals surface area contributed by atoms with E-state index in [4.69, 9.17) is 11.6 Å². The molecule has 0 bridgehead atoms. The molecule has 0 aliphatic heterocycles. The van der Waals surface area contributed by atoms with E-state index >= 15 is 0 Å². The van der Waals surface area contributed by atoms with Gasteiger partial charge in [-0.05, 0) is 85.0 Å². The van der Waals surface area contributed by atoms with Crippen molar-refractivity contribution >= 4 is 38.2 Å². The lowest BCUT2D eigenvalue weighted by atomic mass is 10.0. The van der Waals surface area contributed by atoms with Gasteiger partial charge in [-0.2, -0.15) is 0 Å². The minimum absolute atomic E-state index is 0.0645. The summed E-state index contributed by atoms with van der Waals surface area (Å²) >= 11 is 6.15. The van der Waals surface area contributed by atoms with Crippen LogP contribution in [0.1, 0.15) is 58.5 Å². The summed E-state index contributed by atoms with van der Waals surface area (Å²) in [5.74, 6) is -0.0916. The van der Waals surface area contributed by atoms with E-state index in [0.717, 1.165) is 27.9 Å². The molecular weight excluding hydrogens is 492 g/mol. The highest BCUT2D eigenvalue weighted by atomic mass is 35.5. The number of nitrogens with one attached hydrogen (secondary N) is 1. The number of rotatable bonds is 8. The van der Waals surface area contributed by atoms with E-state index in [1.807, 2.05) is 30.3 Å². The minimum atomic E-state index is -3.23. The van der Waals surface area contributed by atoms with Crippen LogP contribution in [0.15, 0.2) is 71.6 Å². The van der Waals surface area contributed by atoms with Crippen LogP contribution in [0.2, 0.25) is 5.02 Å². The molecule has 1 N–H and O–H groups in total. The largest absolute Gasteiger partial charge is 0.348 e. The number of sulfone groups is 1. The second-order valence-corrected chi connectivity index (χ2v) is 12.2. The van der Waals surface area contributed by atoms with E-state index in [1.165, 1.54) is 29.7 Å². The van der Waals surface area contributed by atoms with Gasteiger partial charge >= 0.3 is 0 Å². The number of carbonyl (C=O) groups is 1. The van der Waals surface area contributed by atoms with Crippen LogP contribution in [0.4, 0.5) is 0 Å². The van der Waals surface area contributed by atoms with Crippen molar-refractivity contribution in [2.45, 2.75) is 50.6 Å². The maximum Gasteiger partial charge on any atom is 0.251 e. The Hall–Kier alpha value is -3.09. The first-order valence-electron chi connectivity index (χ1n) is 12.2. The summed E-state index contributed by atoms with van der Waals surface area (Å²) in [5.41, 5.74) is 6.28. The van der Waals surface area contributed by atoms with Crippen LogP contribution >= 0.6 is 11.6 Å². The van der Waals surface area contributed by atoms with Crippen LogP contribution in [0.25, 0.3) is 10.9 Å². The van der Waals surface area contributed by atoms with Gasteiger partial charge in [-0.25, -0.2) is 8.42 Å². The van der Waals surface area contributed by atoms with Crippen molar-refractivity contribution in [1.82, 2.24) is 9.88 Å². The van der Waals surface area contributed by atoms with Crippen molar-refractivity contribution in [2.75, 3.05) is 5.75 Å². The van der Waals surface area contributed by atoms with Gasteiger partial charge in [0, 0.05) is 46.2 Å². The number of carbonyl (C=O) groups excluding carboxylic acids is 1. The Morgan fingerprint density at radius 2 is 1.78 bits per heavy atom. The Bertz CT molecular complexity index is 1550. The number of hydrogen-bond acceptors (Lipinski definition) is 3. The van der Waals surface area contributed by atoms with E-state index in [0.29, 0.717) is 23.0 Å². The fourth-order valence-electron chi connectivity index (χ4n) is 4.65. The second kappa shape index (κ2) is 9.75. The molecule has 3 aromatic carbocycles. The molecule has 0 radical (unpaired) electrons. The van der Waals surface area contributed by atoms with Gasteiger partial charge in [0.1, 0.15) is 0 Å². The number of benzene rings is 3. The van der Waals surface area contributed by atoms with Crippen LogP contribution in [0, 0.1) is 6.92 Å². The molecule has 1 amide bonds. The van der Waals surface area contributed by atoms with E-state index in [2.05, 4.69) is 28.9 Å². The third kappa shape index (κ3) is 5.06. The summed E-state index contributed by atoms with van der Waals surface area (Å²) in [6.07, 6.45) is 3.17. The maximum atomic E-state index is 12.9. The van der Waals surface area contributed by atoms with Crippen LogP contribution < -0.4 is 5.32 Å². The minimum Gasteiger partial charge on any atom is -0.348 e. The predicted molar refractivity (Wildman–Crippen MR) is 145 cm³/mol. The fraction of sp³-hybridized carbons (Fsp3) is 0.276. The molecular formula is C29H29ClN2O3S. The van der Waals surface area contributed by atoms with Gasteiger partial charge in [-0.3, -0.25) is 4.79 Å². The lowest BCUT2D eigenvalue weighted by Crippen LogP contribution is -2.22. The first-order chi connectivity index (χ1) is 17.2. The van der Waals surface area contributed by atoms with Crippen molar-refractivity contribution in [3.8, 4) is 0 Å². The monoisotopic (exact) mass is 520 g/mol. The van der Waals surface area contributed by atoms with Gasteiger partial charge in [-0.15, -0.1) is 0 Å². The number of fused-ring (bicyclic) bond motifs is 1. The molecule has 5 rings (SSSR count). The SMILES string of the molecule is CCS(=O)(=O)c1ccc(CNC(=O)c2ccc3c(c2)cc(Cc2ccc(Cl)cc2C)n3C2CC2)cc1. The van der Waals surface area contributed by atoms with Crippen LogP contribution in [0.3, 0.4) is 0 Å². The molecule has 1 aromatic heterocycles. The van der Waals surface area contributed by atoms with Crippen molar-refractivity contribution in [1.29, 1.82) is 0 Å². The Morgan fingerprint density at radius 3 is 2.44 bits per heavy atom.